The first kappa shape index (κ1) is 17.9. The van der Waals surface area contributed by atoms with E-state index in [4.69, 9.17) is 32.0 Å². The Morgan fingerprint density at radius 3 is 1.48 bits per heavy atom. The van der Waals surface area contributed by atoms with Crippen LogP contribution in [0.25, 0.3) is 0 Å². The van der Waals surface area contributed by atoms with Gasteiger partial charge >= 0.3 is 0 Å². The Kier molecular flexibility index (Phi) is 5.35. The topological polar surface area (TPSA) is 38.3 Å². The highest BCUT2D eigenvalue weighted by molar-refractivity contribution is 6.30. The van der Waals surface area contributed by atoms with Gasteiger partial charge in [0, 0.05) is 10.0 Å². The van der Waals surface area contributed by atoms with Gasteiger partial charge in [0.2, 0.25) is 0 Å². The average Bonchev–Trinajstić information content (AvgIpc) is 3.37. The fourth-order valence-electron chi connectivity index (χ4n) is 3.14. The highest BCUT2D eigenvalue weighted by atomic mass is 35.5. The van der Waals surface area contributed by atoms with Gasteiger partial charge in [-0.1, -0.05) is 47.5 Å². The lowest BCUT2D eigenvalue weighted by Gasteiger charge is -2.24. The molecule has 136 valence electrons. The van der Waals surface area contributed by atoms with E-state index in [1.54, 1.807) is 12.5 Å². The molecule has 2 heterocycles. The van der Waals surface area contributed by atoms with E-state index in [0.717, 1.165) is 22.6 Å². The molecular formula is C22H17Cl2NO2. The van der Waals surface area contributed by atoms with Crippen molar-refractivity contribution in [3.63, 3.8) is 0 Å². The number of furan rings is 2. The van der Waals surface area contributed by atoms with Gasteiger partial charge in [0.25, 0.3) is 0 Å². The van der Waals surface area contributed by atoms with E-state index in [-0.39, 0.29) is 12.1 Å². The molecule has 0 amide bonds. The molecule has 3 nitrogen and oxygen atoms in total. The molecule has 0 bridgehead atoms. The van der Waals surface area contributed by atoms with Gasteiger partial charge in [-0.3, -0.25) is 5.32 Å². The molecule has 1 N–H and O–H groups in total. The minimum atomic E-state index is -0.215. The van der Waals surface area contributed by atoms with E-state index >= 15 is 0 Å². The second-order valence-electron chi connectivity index (χ2n) is 6.17. The van der Waals surface area contributed by atoms with Crippen molar-refractivity contribution in [3.8, 4) is 0 Å². The van der Waals surface area contributed by atoms with Crippen molar-refractivity contribution < 1.29 is 8.83 Å². The van der Waals surface area contributed by atoms with Gasteiger partial charge in [0.1, 0.15) is 11.5 Å². The van der Waals surface area contributed by atoms with Gasteiger partial charge in [-0.25, -0.2) is 0 Å². The molecule has 0 aliphatic carbocycles. The normalized spacial score (nSPS) is 13.4. The van der Waals surface area contributed by atoms with Crippen LogP contribution < -0.4 is 5.32 Å². The Morgan fingerprint density at radius 1 is 0.630 bits per heavy atom. The second-order valence-corrected chi connectivity index (χ2v) is 7.05. The van der Waals surface area contributed by atoms with Crippen LogP contribution in [0.5, 0.6) is 0 Å². The van der Waals surface area contributed by atoms with Crippen molar-refractivity contribution in [1.29, 1.82) is 0 Å². The summed E-state index contributed by atoms with van der Waals surface area (Å²) < 4.78 is 11.4. The van der Waals surface area contributed by atoms with E-state index in [0.29, 0.717) is 10.0 Å². The maximum atomic E-state index is 6.23. The van der Waals surface area contributed by atoms with Crippen LogP contribution in [0.2, 0.25) is 10.0 Å². The molecule has 0 saturated carbocycles. The molecule has 27 heavy (non-hydrogen) atoms. The molecule has 5 heteroatoms. The van der Waals surface area contributed by atoms with Crippen LogP contribution in [0.3, 0.4) is 0 Å². The first-order chi connectivity index (χ1) is 13.2. The van der Waals surface area contributed by atoms with Gasteiger partial charge in [0.15, 0.2) is 0 Å². The summed E-state index contributed by atoms with van der Waals surface area (Å²) in [5.74, 6) is 1.58. The number of benzene rings is 2. The molecule has 0 fully saturated rings. The van der Waals surface area contributed by atoms with Crippen LogP contribution in [0.1, 0.15) is 34.7 Å². The van der Waals surface area contributed by atoms with Crippen LogP contribution in [0.15, 0.2) is 94.2 Å². The Bertz CT molecular complexity index is 915. The Morgan fingerprint density at radius 2 is 1.11 bits per heavy atom. The summed E-state index contributed by atoms with van der Waals surface area (Å²) in [6.07, 6.45) is 3.33. The summed E-state index contributed by atoms with van der Waals surface area (Å²) in [6.45, 7) is 0. The van der Waals surface area contributed by atoms with Crippen LogP contribution in [0, 0.1) is 0 Å². The van der Waals surface area contributed by atoms with Crippen molar-refractivity contribution in [2.45, 2.75) is 12.1 Å². The molecule has 0 aliphatic heterocycles. The highest BCUT2D eigenvalue weighted by Gasteiger charge is 2.25. The van der Waals surface area contributed by atoms with Crippen molar-refractivity contribution >= 4 is 23.2 Å². The standard InChI is InChI=1S/C22H17Cl2NO2/c23-17-7-1-5-15(13-17)21(19-9-3-11-26-19)25-22(20-10-4-12-27-20)16-6-2-8-18(24)14-16/h1-14,21-22,25H. The molecule has 4 aromatic rings. The minimum absolute atomic E-state index is 0.215. The van der Waals surface area contributed by atoms with Crippen molar-refractivity contribution in [2.24, 2.45) is 0 Å². The van der Waals surface area contributed by atoms with Gasteiger partial charge in [-0.2, -0.15) is 0 Å². The smallest absolute Gasteiger partial charge is 0.125 e. The molecular weight excluding hydrogens is 381 g/mol. The van der Waals surface area contributed by atoms with Crippen molar-refractivity contribution in [3.05, 3.63) is 118 Å². The Labute approximate surface area is 167 Å². The van der Waals surface area contributed by atoms with Crippen LogP contribution in [0.4, 0.5) is 0 Å². The minimum Gasteiger partial charge on any atom is -0.467 e. The van der Waals surface area contributed by atoms with E-state index in [1.807, 2.05) is 72.8 Å². The molecule has 0 saturated heterocycles. The summed E-state index contributed by atoms with van der Waals surface area (Å²) in [5, 5.41) is 4.98. The zero-order chi connectivity index (χ0) is 18.6. The van der Waals surface area contributed by atoms with E-state index in [1.165, 1.54) is 0 Å². The van der Waals surface area contributed by atoms with Gasteiger partial charge in [-0.05, 0) is 59.7 Å². The van der Waals surface area contributed by atoms with E-state index in [2.05, 4.69) is 5.32 Å². The molecule has 2 aromatic heterocycles. The summed E-state index contributed by atoms with van der Waals surface area (Å²) in [7, 11) is 0. The zero-order valence-electron chi connectivity index (χ0n) is 14.3. The summed E-state index contributed by atoms with van der Waals surface area (Å²) >= 11 is 12.5. The van der Waals surface area contributed by atoms with E-state index < -0.39 is 0 Å². The van der Waals surface area contributed by atoms with Gasteiger partial charge in [-0.15, -0.1) is 0 Å². The summed E-state index contributed by atoms with van der Waals surface area (Å²) in [5.41, 5.74) is 1.99. The molecule has 2 aromatic carbocycles. The predicted molar refractivity (Wildman–Crippen MR) is 107 cm³/mol. The molecule has 0 radical (unpaired) electrons. The third-order valence-electron chi connectivity index (χ3n) is 4.35. The van der Waals surface area contributed by atoms with E-state index in [9.17, 15) is 0 Å². The van der Waals surface area contributed by atoms with Gasteiger partial charge in [0.05, 0.1) is 24.6 Å². The maximum Gasteiger partial charge on any atom is 0.125 e. The number of rotatable bonds is 6. The maximum absolute atomic E-state index is 6.23. The quantitative estimate of drug-likeness (QED) is 0.395. The first-order valence-corrected chi connectivity index (χ1v) is 9.30. The SMILES string of the molecule is Clc1cccc(C(NC(c2cccc(Cl)c2)c2ccco2)c2ccco2)c1. The summed E-state index contributed by atoms with van der Waals surface area (Å²) in [4.78, 5) is 0. The number of hydrogen-bond donors (Lipinski definition) is 1. The van der Waals surface area contributed by atoms with Crippen LogP contribution >= 0.6 is 23.2 Å². The second kappa shape index (κ2) is 8.05. The molecule has 0 spiro atoms. The summed E-state index contributed by atoms with van der Waals surface area (Å²) in [6, 6.07) is 22.6. The Balaban J connectivity index is 1.77. The zero-order valence-corrected chi connectivity index (χ0v) is 15.8. The Hall–Kier alpha value is -2.46. The third-order valence-corrected chi connectivity index (χ3v) is 4.82. The molecule has 2 unspecified atom stereocenters. The lowest BCUT2D eigenvalue weighted by Crippen LogP contribution is -2.27. The fraction of sp³-hybridized carbons (Fsp3) is 0.0909. The fourth-order valence-corrected chi connectivity index (χ4v) is 3.53. The lowest BCUT2D eigenvalue weighted by molar-refractivity contribution is 0.391. The predicted octanol–water partition coefficient (Wildman–Crippen LogP) is 6.65. The van der Waals surface area contributed by atoms with Crippen molar-refractivity contribution in [1.82, 2.24) is 5.32 Å². The molecule has 0 aliphatic rings. The van der Waals surface area contributed by atoms with Crippen LogP contribution in [-0.4, -0.2) is 0 Å². The number of nitrogens with one attached hydrogen (secondary N) is 1. The monoisotopic (exact) mass is 397 g/mol. The van der Waals surface area contributed by atoms with Crippen LogP contribution in [-0.2, 0) is 0 Å². The highest BCUT2D eigenvalue weighted by Crippen LogP contribution is 2.32. The first-order valence-electron chi connectivity index (χ1n) is 8.54. The molecule has 2 atom stereocenters. The number of halogens is 2. The average molecular weight is 398 g/mol. The van der Waals surface area contributed by atoms with Gasteiger partial charge < -0.3 is 8.83 Å². The molecule has 4 rings (SSSR count). The largest absolute Gasteiger partial charge is 0.467 e. The third kappa shape index (κ3) is 4.11. The number of hydrogen-bond acceptors (Lipinski definition) is 3. The van der Waals surface area contributed by atoms with Crippen molar-refractivity contribution in [2.75, 3.05) is 0 Å². The lowest BCUT2D eigenvalue weighted by atomic mass is 9.99.